The summed E-state index contributed by atoms with van der Waals surface area (Å²) >= 11 is 0. The van der Waals surface area contributed by atoms with Gasteiger partial charge in [-0.3, -0.25) is 4.79 Å². The van der Waals surface area contributed by atoms with Crippen LogP contribution in [0.15, 0.2) is 59.5 Å². The standard InChI is InChI=1S/C28H38FN3O4S/c1-31(2)28(23-7-6-8-24(29)17-23)22-13-11-21(12-14-22)18-30-27(33)20-36-25-15-16-32(19-25)37(34,35)26-9-4-3-5-10-26/h3-10,17,21-22,25,28H,11-16,18-20H2,1-2H3,(H,30,33). The Hall–Kier alpha value is -2.33. The summed E-state index contributed by atoms with van der Waals surface area (Å²) in [7, 11) is 0.548. The molecule has 0 spiro atoms. The number of hydrogen-bond acceptors (Lipinski definition) is 5. The van der Waals surface area contributed by atoms with Crippen LogP contribution in [0.5, 0.6) is 0 Å². The van der Waals surface area contributed by atoms with Gasteiger partial charge < -0.3 is 15.0 Å². The van der Waals surface area contributed by atoms with Crippen molar-refractivity contribution >= 4 is 15.9 Å². The van der Waals surface area contributed by atoms with Crippen LogP contribution in [0.3, 0.4) is 0 Å². The highest BCUT2D eigenvalue weighted by Crippen LogP contribution is 2.39. The van der Waals surface area contributed by atoms with E-state index in [0.29, 0.717) is 31.3 Å². The van der Waals surface area contributed by atoms with E-state index < -0.39 is 10.0 Å². The number of sulfonamides is 1. The van der Waals surface area contributed by atoms with Crippen molar-refractivity contribution in [1.82, 2.24) is 14.5 Å². The molecule has 1 amide bonds. The first-order chi connectivity index (χ1) is 17.7. The molecule has 2 aromatic rings. The first-order valence-corrected chi connectivity index (χ1v) is 14.5. The summed E-state index contributed by atoms with van der Waals surface area (Å²) in [5, 5.41) is 2.99. The number of hydrogen-bond donors (Lipinski definition) is 1. The van der Waals surface area contributed by atoms with Crippen molar-refractivity contribution < 1.29 is 22.3 Å². The predicted molar refractivity (Wildman–Crippen MR) is 141 cm³/mol. The maximum Gasteiger partial charge on any atom is 0.246 e. The quantitative estimate of drug-likeness (QED) is 0.504. The van der Waals surface area contributed by atoms with Crippen LogP contribution in [0.1, 0.15) is 43.7 Å². The van der Waals surface area contributed by atoms with Gasteiger partial charge in [-0.1, -0.05) is 30.3 Å². The first kappa shape index (κ1) is 27.7. The smallest absolute Gasteiger partial charge is 0.246 e. The lowest BCUT2D eigenvalue weighted by Crippen LogP contribution is -2.37. The number of ether oxygens (including phenoxy) is 1. The Morgan fingerprint density at radius 3 is 2.49 bits per heavy atom. The highest BCUT2D eigenvalue weighted by atomic mass is 32.2. The minimum absolute atomic E-state index is 0.0679. The van der Waals surface area contributed by atoms with Crippen LogP contribution in [0.2, 0.25) is 0 Å². The van der Waals surface area contributed by atoms with E-state index in [4.69, 9.17) is 4.74 Å². The average Bonchev–Trinajstić information content (AvgIpc) is 3.38. The molecule has 4 rings (SSSR count). The summed E-state index contributed by atoms with van der Waals surface area (Å²) in [5.74, 6) is 0.488. The molecular weight excluding hydrogens is 493 g/mol. The Morgan fingerprint density at radius 1 is 1.08 bits per heavy atom. The number of rotatable bonds is 10. The molecule has 1 N–H and O–H groups in total. The van der Waals surface area contributed by atoms with E-state index in [1.807, 2.05) is 20.2 Å². The Labute approximate surface area is 220 Å². The number of nitrogens with one attached hydrogen (secondary N) is 1. The molecule has 9 heteroatoms. The van der Waals surface area contributed by atoms with Crippen molar-refractivity contribution in [2.24, 2.45) is 11.8 Å². The largest absolute Gasteiger partial charge is 0.367 e. The van der Waals surface area contributed by atoms with Gasteiger partial charge >= 0.3 is 0 Å². The molecule has 2 atom stereocenters. The number of halogens is 1. The summed E-state index contributed by atoms with van der Waals surface area (Å²) in [4.78, 5) is 14.9. The zero-order chi connectivity index (χ0) is 26.4. The van der Waals surface area contributed by atoms with Crippen molar-refractivity contribution in [1.29, 1.82) is 0 Å². The molecule has 2 unspecified atom stereocenters. The molecule has 2 fully saturated rings. The third-order valence-corrected chi connectivity index (χ3v) is 9.49. The first-order valence-electron chi connectivity index (χ1n) is 13.1. The Kier molecular flexibility index (Phi) is 9.34. The van der Waals surface area contributed by atoms with Crippen molar-refractivity contribution in [3.63, 3.8) is 0 Å². The minimum atomic E-state index is -3.54. The zero-order valence-electron chi connectivity index (χ0n) is 21.7. The van der Waals surface area contributed by atoms with E-state index in [1.54, 1.807) is 42.5 Å². The third-order valence-electron chi connectivity index (χ3n) is 7.61. The Morgan fingerprint density at radius 2 is 1.81 bits per heavy atom. The number of nitrogens with zero attached hydrogens (tertiary/aromatic N) is 2. The van der Waals surface area contributed by atoms with E-state index in [9.17, 15) is 17.6 Å². The Balaban J connectivity index is 1.17. The van der Waals surface area contributed by atoms with Crippen molar-refractivity contribution in [2.45, 2.75) is 49.1 Å². The molecule has 1 saturated heterocycles. The molecule has 2 aromatic carbocycles. The fraction of sp³-hybridized carbons (Fsp3) is 0.536. The SMILES string of the molecule is CN(C)C(c1cccc(F)c1)C1CCC(CNC(=O)COC2CCN(S(=O)(=O)c3ccccc3)C2)CC1. The number of carbonyl (C=O) groups is 1. The monoisotopic (exact) mass is 531 g/mol. The molecular formula is C28H38FN3O4S. The molecule has 37 heavy (non-hydrogen) atoms. The lowest BCUT2D eigenvalue weighted by Gasteiger charge is -2.37. The van der Waals surface area contributed by atoms with Crippen LogP contribution >= 0.6 is 0 Å². The fourth-order valence-corrected chi connectivity index (χ4v) is 7.19. The van der Waals surface area contributed by atoms with Gasteiger partial charge in [0.25, 0.3) is 0 Å². The second kappa shape index (κ2) is 12.5. The number of benzene rings is 2. The van der Waals surface area contributed by atoms with Gasteiger partial charge in [0.05, 0.1) is 11.0 Å². The molecule has 1 aliphatic heterocycles. The predicted octanol–water partition coefficient (Wildman–Crippen LogP) is 3.83. The molecule has 1 aliphatic carbocycles. The zero-order valence-corrected chi connectivity index (χ0v) is 22.5. The minimum Gasteiger partial charge on any atom is -0.367 e. The van der Waals surface area contributed by atoms with Crippen molar-refractivity contribution in [2.75, 3.05) is 40.3 Å². The van der Waals surface area contributed by atoms with Crippen LogP contribution in [0, 0.1) is 17.7 Å². The molecule has 1 saturated carbocycles. The molecule has 202 valence electrons. The summed E-state index contributed by atoms with van der Waals surface area (Å²) in [6.07, 6.45) is 4.38. The second-order valence-corrected chi connectivity index (χ2v) is 12.4. The third kappa shape index (κ3) is 7.16. The summed E-state index contributed by atoms with van der Waals surface area (Å²) in [5.41, 5.74) is 1.01. The summed E-state index contributed by atoms with van der Waals surface area (Å²) in [6.45, 7) is 1.19. The maximum absolute atomic E-state index is 13.8. The molecule has 0 bridgehead atoms. The highest BCUT2D eigenvalue weighted by molar-refractivity contribution is 7.89. The average molecular weight is 532 g/mol. The fourth-order valence-electron chi connectivity index (χ4n) is 5.69. The van der Waals surface area contributed by atoms with Gasteiger partial charge in [-0.05, 0) is 87.9 Å². The van der Waals surface area contributed by atoms with Gasteiger partial charge in [0.2, 0.25) is 15.9 Å². The van der Waals surface area contributed by atoms with E-state index in [2.05, 4.69) is 10.2 Å². The summed E-state index contributed by atoms with van der Waals surface area (Å²) < 4.78 is 46.5. The summed E-state index contributed by atoms with van der Waals surface area (Å²) in [6, 6.07) is 15.4. The van der Waals surface area contributed by atoms with Crippen molar-refractivity contribution in [3.8, 4) is 0 Å². The number of carbonyl (C=O) groups excluding carboxylic acids is 1. The Bertz CT molecular complexity index is 1140. The van der Waals surface area contributed by atoms with Crippen molar-refractivity contribution in [3.05, 3.63) is 66.0 Å². The maximum atomic E-state index is 13.8. The van der Waals surface area contributed by atoms with E-state index >= 15 is 0 Å². The molecule has 2 aliphatic rings. The normalized spacial score (nSPS) is 23.7. The topological polar surface area (TPSA) is 79.0 Å². The lowest BCUT2D eigenvalue weighted by atomic mass is 9.76. The van der Waals surface area contributed by atoms with Gasteiger partial charge in [-0.2, -0.15) is 4.31 Å². The van der Waals surface area contributed by atoms with E-state index in [0.717, 1.165) is 31.2 Å². The van der Waals surface area contributed by atoms with Crippen LogP contribution in [0.25, 0.3) is 0 Å². The van der Waals surface area contributed by atoms with Crippen LogP contribution < -0.4 is 5.32 Å². The van der Waals surface area contributed by atoms with E-state index in [-0.39, 0.29) is 41.9 Å². The van der Waals surface area contributed by atoms with Gasteiger partial charge in [0.15, 0.2) is 0 Å². The molecule has 0 aromatic heterocycles. The van der Waals surface area contributed by atoms with Crippen LogP contribution in [0.4, 0.5) is 4.39 Å². The van der Waals surface area contributed by atoms with Crippen LogP contribution in [-0.4, -0.2) is 70.0 Å². The van der Waals surface area contributed by atoms with Gasteiger partial charge in [-0.15, -0.1) is 0 Å². The molecule has 0 radical (unpaired) electrons. The second-order valence-electron chi connectivity index (χ2n) is 10.4. The van der Waals surface area contributed by atoms with Crippen LogP contribution in [-0.2, 0) is 19.6 Å². The van der Waals surface area contributed by atoms with Gasteiger partial charge in [0.1, 0.15) is 12.4 Å². The van der Waals surface area contributed by atoms with E-state index in [1.165, 1.54) is 10.4 Å². The number of amides is 1. The molecule has 1 heterocycles. The highest BCUT2D eigenvalue weighted by Gasteiger charge is 2.33. The van der Waals surface area contributed by atoms with Gasteiger partial charge in [0, 0.05) is 25.7 Å². The van der Waals surface area contributed by atoms with Gasteiger partial charge in [-0.25, -0.2) is 12.8 Å². The lowest BCUT2D eigenvalue weighted by molar-refractivity contribution is -0.127. The molecule has 7 nitrogen and oxygen atoms in total.